The highest BCUT2D eigenvalue weighted by atomic mass is 35.5. The molecular weight excluding hydrogens is 328 g/mol. The van der Waals surface area contributed by atoms with Crippen molar-refractivity contribution in [2.45, 2.75) is 32.9 Å². The highest BCUT2D eigenvalue weighted by Crippen LogP contribution is 2.18. The molecule has 130 valence electrons. The molecule has 0 bridgehead atoms. The molecule has 1 aliphatic rings. The standard InChI is InChI=1S/C17H22N4O2.ClH/c1-11(2)21-16(22)14-7-5-4-6-13(14)15(19-21)17(23)20-9-8-18-10-12(20)3;/h4-7,11-12,18H,8-10H2,1-3H3;1H/t12-;/m0./s1. The van der Waals surface area contributed by atoms with Crippen LogP contribution in [-0.2, 0) is 0 Å². The summed E-state index contributed by atoms with van der Waals surface area (Å²) in [6.07, 6.45) is 0. The lowest BCUT2D eigenvalue weighted by molar-refractivity contribution is 0.0649. The summed E-state index contributed by atoms with van der Waals surface area (Å²) in [7, 11) is 0. The van der Waals surface area contributed by atoms with Gasteiger partial charge in [-0.1, -0.05) is 18.2 Å². The van der Waals surface area contributed by atoms with Gasteiger partial charge in [0, 0.05) is 31.1 Å². The van der Waals surface area contributed by atoms with Gasteiger partial charge in [-0.2, -0.15) is 5.10 Å². The van der Waals surface area contributed by atoms with Crippen LogP contribution in [0.15, 0.2) is 29.1 Å². The zero-order chi connectivity index (χ0) is 16.6. The molecule has 1 atom stereocenters. The van der Waals surface area contributed by atoms with Crippen LogP contribution in [0, 0.1) is 0 Å². The third-order valence-electron chi connectivity index (χ3n) is 4.28. The summed E-state index contributed by atoms with van der Waals surface area (Å²) < 4.78 is 1.41. The normalized spacial score (nSPS) is 17.8. The molecule has 0 radical (unpaired) electrons. The SMILES string of the molecule is CC(C)n1nc(C(=O)N2CCNC[C@@H]2C)c2ccccc2c1=O.Cl. The number of benzene rings is 1. The molecule has 24 heavy (non-hydrogen) atoms. The first-order valence-electron chi connectivity index (χ1n) is 8.04. The molecule has 0 spiro atoms. The van der Waals surface area contributed by atoms with Crippen LogP contribution >= 0.6 is 12.4 Å². The molecule has 2 heterocycles. The predicted octanol–water partition coefficient (Wildman–Crippen LogP) is 1.83. The number of aromatic nitrogens is 2. The van der Waals surface area contributed by atoms with Crippen molar-refractivity contribution in [1.29, 1.82) is 0 Å². The molecule has 1 aliphatic heterocycles. The highest BCUT2D eigenvalue weighted by Gasteiger charge is 2.27. The fraction of sp³-hybridized carbons (Fsp3) is 0.471. The monoisotopic (exact) mass is 350 g/mol. The Balaban J connectivity index is 0.00000208. The average molecular weight is 351 g/mol. The Hall–Kier alpha value is -1.92. The molecule has 1 saturated heterocycles. The first-order chi connectivity index (χ1) is 11.0. The van der Waals surface area contributed by atoms with Crippen molar-refractivity contribution >= 4 is 29.1 Å². The van der Waals surface area contributed by atoms with Gasteiger partial charge in [-0.3, -0.25) is 9.59 Å². The third kappa shape index (κ3) is 3.16. The van der Waals surface area contributed by atoms with Crippen molar-refractivity contribution in [1.82, 2.24) is 20.0 Å². The molecule has 1 N–H and O–H groups in total. The van der Waals surface area contributed by atoms with E-state index in [1.54, 1.807) is 12.1 Å². The number of carbonyl (C=O) groups excluding carboxylic acids is 1. The van der Waals surface area contributed by atoms with E-state index >= 15 is 0 Å². The van der Waals surface area contributed by atoms with Crippen molar-refractivity contribution in [2.75, 3.05) is 19.6 Å². The van der Waals surface area contributed by atoms with Gasteiger partial charge in [0.15, 0.2) is 5.69 Å². The molecule has 3 rings (SSSR count). The number of rotatable bonds is 2. The van der Waals surface area contributed by atoms with Crippen LogP contribution < -0.4 is 10.9 Å². The first-order valence-corrected chi connectivity index (χ1v) is 8.04. The summed E-state index contributed by atoms with van der Waals surface area (Å²) in [4.78, 5) is 27.4. The second-order valence-electron chi connectivity index (χ2n) is 6.29. The summed E-state index contributed by atoms with van der Waals surface area (Å²) in [5.74, 6) is -0.107. The maximum absolute atomic E-state index is 13.0. The molecule has 0 aliphatic carbocycles. The topological polar surface area (TPSA) is 67.2 Å². The van der Waals surface area contributed by atoms with Gasteiger partial charge in [0.2, 0.25) is 0 Å². The van der Waals surface area contributed by atoms with E-state index in [2.05, 4.69) is 10.4 Å². The second kappa shape index (κ2) is 7.32. The fourth-order valence-corrected chi connectivity index (χ4v) is 2.99. The number of carbonyl (C=O) groups is 1. The molecule has 7 heteroatoms. The van der Waals surface area contributed by atoms with Crippen LogP contribution in [-0.4, -0.2) is 46.3 Å². The van der Waals surface area contributed by atoms with E-state index in [-0.39, 0.29) is 36.0 Å². The van der Waals surface area contributed by atoms with Gasteiger partial charge < -0.3 is 10.2 Å². The minimum Gasteiger partial charge on any atom is -0.332 e. The number of nitrogens with zero attached hydrogens (tertiary/aromatic N) is 3. The molecule has 1 aromatic carbocycles. The van der Waals surface area contributed by atoms with E-state index in [0.717, 1.165) is 13.1 Å². The lowest BCUT2D eigenvalue weighted by Crippen LogP contribution is -2.52. The van der Waals surface area contributed by atoms with Crippen LogP contribution in [0.25, 0.3) is 10.8 Å². The second-order valence-corrected chi connectivity index (χ2v) is 6.29. The highest BCUT2D eigenvalue weighted by molar-refractivity contribution is 6.04. The number of hydrogen-bond acceptors (Lipinski definition) is 4. The Morgan fingerprint density at radius 2 is 1.96 bits per heavy atom. The molecule has 1 aromatic heterocycles. The quantitative estimate of drug-likeness (QED) is 0.897. The molecular formula is C17H23ClN4O2. The van der Waals surface area contributed by atoms with Gasteiger partial charge in [0.1, 0.15) is 0 Å². The van der Waals surface area contributed by atoms with Crippen molar-refractivity contribution in [2.24, 2.45) is 0 Å². The minimum absolute atomic E-state index is 0. The van der Waals surface area contributed by atoms with Gasteiger partial charge in [0.05, 0.1) is 11.4 Å². The summed E-state index contributed by atoms with van der Waals surface area (Å²) in [6, 6.07) is 7.22. The zero-order valence-electron chi connectivity index (χ0n) is 14.2. The van der Waals surface area contributed by atoms with Gasteiger partial charge in [-0.15, -0.1) is 12.4 Å². The Morgan fingerprint density at radius 1 is 1.29 bits per heavy atom. The van der Waals surface area contributed by atoms with Crippen molar-refractivity contribution in [3.8, 4) is 0 Å². The smallest absolute Gasteiger partial charge is 0.275 e. The van der Waals surface area contributed by atoms with Crippen molar-refractivity contribution < 1.29 is 4.79 Å². The Bertz CT molecular complexity index is 803. The van der Waals surface area contributed by atoms with Gasteiger partial charge in [-0.05, 0) is 26.8 Å². The van der Waals surface area contributed by atoms with Gasteiger partial charge in [0.25, 0.3) is 11.5 Å². The maximum Gasteiger partial charge on any atom is 0.275 e. The van der Waals surface area contributed by atoms with Crippen molar-refractivity contribution in [3.05, 3.63) is 40.3 Å². The first kappa shape index (κ1) is 18.4. The zero-order valence-corrected chi connectivity index (χ0v) is 15.0. The largest absolute Gasteiger partial charge is 0.332 e. The van der Waals surface area contributed by atoms with Crippen LogP contribution in [0.2, 0.25) is 0 Å². The lowest BCUT2D eigenvalue weighted by atomic mass is 10.1. The van der Waals surface area contributed by atoms with E-state index in [4.69, 9.17) is 0 Å². The molecule has 6 nitrogen and oxygen atoms in total. The summed E-state index contributed by atoms with van der Waals surface area (Å²) in [5, 5.41) is 8.85. The number of hydrogen-bond donors (Lipinski definition) is 1. The Labute approximate surface area is 147 Å². The number of amides is 1. The molecule has 0 saturated carbocycles. The fourth-order valence-electron chi connectivity index (χ4n) is 2.99. The number of nitrogens with one attached hydrogen (secondary N) is 1. The van der Waals surface area contributed by atoms with Crippen molar-refractivity contribution in [3.63, 3.8) is 0 Å². The van der Waals surface area contributed by atoms with Crippen LogP contribution in [0.4, 0.5) is 0 Å². The molecule has 1 fully saturated rings. The average Bonchev–Trinajstić information content (AvgIpc) is 2.55. The predicted molar refractivity (Wildman–Crippen MR) is 97.0 cm³/mol. The number of piperazine rings is 1. The lowest BCUT2D eigenvalue weighted by Gasteiger charge is -2.34. The summed E-state index contributed by atoms with van der Waals surface area (Å²) in [6.45, 7) is 8.00. The molecule has 0 unspecified atom stereocenters. The number of halogens is 1. The Kier molecular flexibility index (Phi) is 5.62. The van der Waals surface area contributed by atoms with E-state index < -0.39 is 0 Å². The number of fused-ring (bicyclic) bond motifs is 1. The summed E-state index contributed by atoms with van der Waals surface area (Å²) in [5.41, 5.74) is 0.211. The molecule has 1 amide bonds. The Morgan fingerprint density at radius 3 is 2.58 bits per heavy atom. The van der Waals surface area contributed by atoms with E-state index in [1.807, 2.05) is 37.8 Å². The van der Waals surface area contributed by atoms with Crippen LogP contribution in [0.3, 0.4) is 0 Å². The summed E-state index contributed by atoms with van der Waals surface area (Å²) >= 11 is 0. The molecule has 2 aromatic rings. The van der Waals surface area contributed by atoms with E-state index in [9.17, 15) is 9.59 Å². The maximum atomic E-state index is 13.0. The van der Waals surface area contributed by atoms with Gasteiger partial charge >= 0.3 is 0 Å². The van der Waals surface area contributed by atoms with E-state index in [0.29, 0.717) is 23.0 Å². The van der Waals surface area contributed by atoms with Crippen LogP contribution in [0.1, 0.15) is 37.3 Å². The van der Waals surface area contributed by atoms with Gasteiger partial charge in [-0.25, -0.2) is 4.68 Å². The van der Waals surface area contributed by atoms with E-state index in [1.165, 1.54) is 4.68 Å². The third-order valence-corrected chi connectivity index (χ3v) is 4.28. The minimum atomic E-state index is -0.152. The van der Waals surface area contributed by atoms with Crippen LogP contribution in [0.5, 0.6) is 0 Å².